The molecule has 20 heavy (non-hydrogen) atoms. The average Bonchev–Trinajstić information content (AvgIpc) is 2.89. The molecule has 2 rings (SSSR count). The van der Waals surface area contributed by atoms with Crippen molar-refractivity contribution in [3.63, 3.8) is 0 Å². The molecule has 0 saturated carbocycles. The Kier molecular flexibility index (Phi) is 4.82. The second kappa shape index (κ2) is 6.59. The maximum atomic E-state index is 11.9. The van der Waals surface area contributed by atoms with Crippen molar-refractivity contribution in [1.82, 2.24) is 4.57 Å². The number of hydrogen-bond acceptors (Lipinski definition) is 2. The quantitative estimate of drug-likeness (QED) is 0.857. The highest BCUT2D eigenvalue weighted by molar-refractivity contribution is 6.43. The van der Waals surface area contributed by atoms with E-state index in [1.54, 1.807) is 41.1 Å². The molecule has 0 fully saturated rings. The fourth-order valence-electron chi connectivity index (χ4n) is 1.77. The molecule has 0 bridgehead atoms. The molecule has 0 aliphatic carbocycles. The van der Waals surface area contributed by atoms with Crippen LogP contribution in [0, 0.1) is 0 Å². The van der Waals surface area contributed by atoms with Crippen LogP contribution in [-0.4, -0.2) is 16.8 Å². The first-order valence-electron chi connectivity index (χ1n) is 5.96. The summed E-state index contributed by atoms with van der Waals surface area (Å²) in [7, 11) is 0. The van der Waals surface area contributed by atoms with Crippen LogP contribution in [-0.2, 0) is 11.3 Å². The standard InChI is InChI=1S/C14H12Cl2N2O2/c15-11-4-1-5-12(14(11)16)17-13(20)6-8-18-7-2-3-10(18)9-19/h1-5,7,9H,6,8H2,(H,17,20). The van der Waals surface area contributed by atoms with Gasteiger partial charge in [-0.05, 0) is 24.3 Å². The highest BCUT2D eigenvalue weighted by atomic mass is 35.5. The minimum Gasteiger partial charge on any atom is -0.345 e. The molecule has 1 aromatic carbocycles. The van der Waals surface area contributed by atoms with Crippen molar-refractivity contribution in [2.45, 2.75) is 13.0 Å². The van der Waals surface area contributed by atoms with Crippen LogP contribution in [0.25, 0.3) is 0 Å². The van der Waals surface area contributed by atoms with Gasteiger partial charge in [-0.1, -0.05) is 29.3 Å². The number of halogens is 2. The minimum atomic E-state index is -0.195. The summed E-state index contributed by atoms with van der Waals surface area (Å²) in [6.07, 6.45) is 2.74. The highest BCUT2D eigenvalue weighted by Crippen LogP contribution is 2.29. The van der Waals surface area contributed by atoms with Crippen molar-refractivity contribution in [1.29, 1.82) is 0 Å². The number of nitrogens with one attached hydrogen (secondary N) is 1. The van der Waals surface area contributed by atoms with Crippen LogP contribution in [0.5, 0.6) is 0 Å². The first-order chi connectivity index (χ1) is 9.61. The molecular formula is C14H12Cl2N2O2. The third kappa shape index (κ3) is 3.40. The summed E-state index contributed by atoms with van der Waals surface area (Å²) >= 11 is 11.9. The van der Waals surface area contributed by atoms with E-state index < -0.39 is 0 Å². The number of aryl methyl sites for hydroxylation is 1. The van der Waals surface area contributed by atoms with Gasteiger partial charge in [-0.3, -0.25) is 9.59 Å². The molecule has 0 aliphatic heterocycles. The van der Waals surface area contributed by atoms with Crippen LogP contribution in [0.15, 0.2) is 36.5 Å². The number of aromatic nitrogens is 1. The summed E-state index contributed by atoms with van der Waals surface area (Å²) in [5.41, 5.74) is 1.02. The molecule has 0 unspecified atom stereocenters. The molecule has 0 saturated heterocycles. The van der Waals surface area contributed by atoms with Crippen molar-refractivity contribution in [3.05, 3.63) is 52.3 Å². The zero-order chi connectivity index (χ0) is 14.5. The molecule has 1 N–H and O–H groups in total. The van der Waals surface area contributed by atoms with Crippen molar-refractivity contribution in [2.24, 2.45) is 0 Å². The molecule has 4 nitrogen and oxygen atoms in total. The van der Waals surface area contributed by atoms with Gasteiger partial charge in [0.2, 0.25) is 5.91 Å². The normalized spacial score (nSPS) is 10.3. The van der Waals surface area contributed by atoms with E-state index in [0.29, 0.717) is 28.0 Å². The van der Waals surface area contributed by atoms with E-state index >= 15 is 0 Å². The van der Waals surface area contributed by atoms with Gasteiger partial charge in [0.1, 0.15) is 0 Å². The second-order valence-electron chi connectivity index (χ2n) is 4.14. The van der Waals surface area contributed by atoms with Crippen LogP contribution in [0.1, 0.15) is 16.9 Å². The second-order valence-corrected chi connectivity index (χ2v) is 4.93. The van der Waals surface area contributed by atoms with Crippen molar-refractivity contribution >= 4 is 41.1 Å². The van der Waals surface area contributed by atoms with Gasteiger partial charge in [0.05, 0.1) is 21.4 Å². The van der Waals surface area contributed by atoms with E-state index in [9.17, 15) is 9.59 Å². The molecule has 1 amide bonds. The van der Waals surface area contributed by atoms with E-state index in [-0.39, 0.29) is 12.3 Å². The van der Waals surface area contributed by atoms with Gasteiger partial charge >= 0.3 is 0 Å². The zero-order valence-corrected chi connectivity index (χ0v) is 12.0. The number of rotatable bonds is 5. The van der Waals surface area contributed by atoms with E-state index in [1.165, 1.54) is 0 Å². The molecular weight excluding hydrogens is 299 g/mol. The fourth-order valence-corrected chi connectivity index (χ4v) is 2.12. The molecule has 1 aromatic heterocycles. The van der Waals surface area contributed by atoms with Gasteiger partial charge in [0, 0.05) is 19.2 Å². The van der Waals surface area contributed by atoms with Crippen LogP contribution in [0.3, 0.4) is 0 Å². The predicted octanol–water partition coefficient (Wildman–Crippen LogP) is 3.64. The molecule has 0 atom stereocenters. The number of amides is 1. The van der Waals surface area contributed by atoms with E-state index in [2.05, 4.69) is 5.32 Å². The Balaban J connectivity index is 1.96. The zero-order valence-electron chi connectivity index (χ0n) is 10.5. The van der Waals surface area contributed by atoms with Gasteiger partial charge in [-0.25, -0.2) is 0 Å². The molecule has 104 valence electrons. The first-order valence-corrected chi connectivity index (χ1v) is 6.71. The van der Waals surface area contributed by atoms with Crippen LogP contribution in [0.4, 0.5) is 5.69 Å². The Morgan fingerprint density at radius 3 is 2.80 bits per heavy atom. The van der Waals surface area contributed by atoms with Gasteiger partial charge in [0.15, 0.2) is 6.29 Å². The summed E-state index contributed by atoms with van der Waals surface area (Å²) in [5, 5.41) is 3.40. The Labute approximate surface area is 126 Å². The molecule has 1 heterocycles. The number of carbonyl (C=O) groups is 2. The third-order valence-corrected chi connectivity index (χ3v) is 3.61. The number of aldehydes is 1. The number of nitrogens with zero attached hydrogens (tertiary/aromatic N) is 1. The van der Waals surface area contributed by atoms with E-state index in [1.807, 2.05) is 0 Å². The molecule has 0 spiro atoms. The van der Waals surface area contributed by atoms with Crippen molar-refractivity contribution in [3.8, 4) is 0 Å². The third-order valence-electron chi connectivity index (χ3n) is 2.79. The van der Waals surface area contributed by atoms with Crippen molar-refractivity contribution in [2.75, 3.05) is 5.32 Å². The summed E-state index contributed by atoms with van der Waals surface area (Å²) in [6, 6.07) is 8.49. The summed E-state index contributed by atoms with van der Waals surface area (Å²) < 4.78 is 1.71. The molecule has 0 radical (unpaired) electrons. The molecule has 2 aromatic rings. The van der Waals surface area contributed by atoms with Gasteiger partial charge in [-0.2, -0.15) is 0 Å². The lowest BCUT2D eigenvalue weighted by Crippen LogP contribution is -2.15. The largest absolute Gasteiger partial charge is 0.345 e. The van der Waals surface area contributed by atoms with E-state index in [0.717, 1.165) is 6.29 Å². The van der Waals surface area contributed by atoms with Gasteiger partial charge in [-0.15, -0.1) is 0 Å². The Morgan fingerprint density at radius 1 is 1.25 bits per heavy atom. The first kappa shape index (κ1) is 14.6. The maximum absolute atomic E-state index is 11.9. The smallest absolute Gasteiger partial charge is 0.226 e. The lowest BCUT2D eigenvalue weighted by Gasteiger charge is -2.09. The van der Waals surface area contributed by atoms with Crippen LogP contribution < -0.4 is 5.32 Å². The topological polar surface area (TPSA) is 51.1 Å². The molecule has 0 aliphatic rings. The fraction of sp³-hybridized carbons (Fsp3) is 0.143. The number of benzene rings is 1. The Bertz CT molecular complexity index is 638. The summed E-state index contributed by atoms with van der Waals surface area (Å²) in [5.74, 6) is -0.195. The Morgan fingerprint density at radius 2 is 2.05 bits per heavy atom. The van der Waals surface area contributed by atoms with Crippen LogP contribution in [0.2, 0.25) is 10.0 Å². The lowest BCUT2D eigenvalue weighted by molar-refractivity contribution is -0.116. The van der Waals surface area contributed by atoms with Gasteiger partial charge in [0.25, 0.3) is 0 Å². The predicted molar refractivity (Wildman–Crippen MR) is 79.5 cm³/mol. The number of hydrogen-bond donors (Lipinski definition) is 1. The Hall–Kier alpha value is -1.78. The highest BCUT2D eigenvalue weighted by Gasteiger charge is 2.09. The average molecular weight is 311 g/mol. The van der Waals surface area contributed by atoms with Crippen molar-refractivity contribution < 1.29 is 9.59 Å². The summed E-state index contributed by atoms with van der Waals surface area (Å²) in [4.78, 5) is 22.6. The number of anilines is 1. The minimum absolute atomic E-state index is 0.195. The summed E-state index contributed by atoms with van der Waals surface area (Å²) in [6.45, 7) is 0.422. The lowest BCUT2D eigenvalue weighted by atomic mass is 10.3. The monoisotopic (exact) mass is 310 g/mol. The van der Waals surface area contributed by atoms with Gasteiger partial charge < -0.3 is 9.88 Å². The maximum Gasteiger partial charge on any atom is 0.226 e. The van der Waals surface area contributed by atoms with Crippen LogP contribution >= 0.6 is 23.2 Å². The number of carbonyl (C=O) groups excluding carboxylic acids is 2. The SMILES string of the molecule is O=Cc1cccn1CCC(=O)Nc1cccc(Cl)c1Cl. The van der Waals surface area contributed by atoms with E-state index in [4.69, 9.17) is 23.2 Å². The molecule has 6 heteroatoms.